The number of amides is 1. The summed E-state index contributed by atoms with van der Waals surface area (Å²) < 4.78 is 16.1. The van der Waals surface area contributed by atoms with Crippen molar-refractivity contribution in [1.29, 1.82) is 0 Å². The predicted octanol–water partition coefficient (Wildman–Crippen LogP) is 2.59. The standard InChI is InChI=1S/C21H23NO5/c1-14-3-4-15(2)17(11-14)21(24)27-13-20(23)22-8-7-16-5-6-18-19(12-16)26-10-9-25-18/h3-6,11-12H,7-10,13H2,1-2H3,(H,22,23). The maximum atomic E-state index is 12.1. The van der Waals surface area contributed by atoms with Crippen molar-refractivity contribution >= 4 is 11.9 Å². The molecule has 0 radical (unpaired) electrons. The van der Waals surface area contributed by atoms with E-state index < -0.39 is 5.97 Å². The zero-order valence-corrected chi connectivity index (χ0v) is 15.5. The molecule has 27 heavy (non-hydrogen) atoms. The largest absolute Gasteiger partial charge is 0.486 e. The molecular weight excluding hydrogens is 346 g/mol. The van der Waals surface area contributed by atoms with E-state index in [2.05, 4.69) is 5.32 Å². The number of ether oxygens (including phenoxy) is 3. The summed E-state index contributed by atoms with van der Waals surface area (Å²) in [7, 11) is 0. The topological polar surface area (TPSA) is 73.9 Å². The van der Waals surface area contributed by atoms with Gasteiger partial charge in [-0.05, 0) is 49.6 Å². The second kappa shape index (κ2) is 8.58. The lowest BCUT2D eigenvalue weighted by Crippen LogP contribution is -2.30. The summed E-state index contributed by atoms with van der Waals surface area (Å²) in [5.74, 6) is 0.657. The number of carbonyl (C=O) groups is 2. The SMILES string of the molecule is Cc1ccc(C)c(C(=O)OCC(=O)NCCc2ccc3c(c2)OCCO3)c1. The minimum Gasteiger partial charge on any atom is -0.486 e. The van der Waals surface area contributed by atoms with Gasteiger partial charge in [-0.15, -0.1) is 0 Å². The third kappa shape index (κ3) is 5.00. The van der Waals surface area contributed by atoms with Gasteiger partial charge in [0.2, 0.25) is 0 Å². The first-order chi connectivity index (χ1) is 13.0. The van der Waals surface area contributed by atoms with E-state index in [0.717, 1.165) is 28.2 Å². The molecule has 3 rings (SSSR count). The van der Waals surface area contributed by atoms with Gasteiger partial charge >= 0.3 is 5.97 Å². The molecule has 0 atom stereocenters. The molecule has 0 saturated heterocycles. The Hall–Kier alpha value is -3.02. The fraction of sp³-hybridized carbons (Fsp3) is 0.333. The molecule has 142 valence electrons. The Morgan fingerprint density at radius 2 is 1.81 bits per heavy atom. The monoisotopic (exact) mass is 369 g/mol. The van der Waals surface area contributed by atoms with Crippen molar-refractivity contribution in [3.05, 3.63) is 58.7 Å². The molecule has 0 saturated carbocycles. The second-order valence-corrected chi connectivity index (χ2v) is 6.47. The van der Waals surface area contributed by atoms with E-state index in [0.29, 0.717) is 31.7 Å². The molecule has 0 spiro atoms. The minimum atomic E-state index is -0.488. The smallest absolute Gasteiger partial charge is 0.338 e. The van der Waals surface area contributed by atoms with Crippen LogP contribution in [0.4, 0.5) is 0 Å². The Morgan fingerprint density at radius 3 is 2.63 bits per heavy atom. The molecule has 0 aliphatic carbocycles. The Labute approximate surface area is 158 Å². The lowest BCUT2D eigenvalue weighted by molar-refractivity contribution is -0.124. The van der Waals surface area contributed by atoms with Crippen LogP contribution in [0, 0.1) is 13.8 Å². The molecule has 0 fully saturated rings. The Kier molecular flexibility index (Phi) is 5.96. The summed E-state index contributed by atoms with van der Waals surface area (Å²) in [6.45, 7) is 4.99. The number of fused-ring (bicyclic) bond motifs is 1. The number of aryl methyl sites for hydroxylation is 2. The first kappa shape index (κ1) is 18.8. The van der Waals surface area contributed by atoms with E-state index in [1.807, 2.05) is 44.2 Å². The van der Waals surface area contributed by atoms with Gasteiger partial charge in [0.1, 0.15) is 13.2 Å². The van der Waals surface area contributed by atoms with E-state index in [4.69, 9.17) is 14.2 Å². The minimum absolute atomic E-state index is 0.298. The van der Waals surface area contributed by atoms with Crippen LogP contribution in [0.15, 0.2) is 36.4 Å². The zero-order chi connectivity index (χ0) is 19.2. The molecule has 1 amide bonds. The van der Waals surface area contributed by atoms with E-state index in [9.17, 15) is 9.59 Å². The Bertz CT molecular complexity index is 846. The van der Waals surface area contributed by atoms with Gasteiger partial charge in [-0.2, -0.15) is 0 Å². The number of hydrogen-bond donors (Lipinski definition) is 1. The van der Waals surface area contributed by atoms with Crippen LogP contribution in [-0.2, 0) is 16.0 Å². The van der Waals surface area contributed by atoms with Crippen LogP contribution < -0.4 is 14.8 Å². The highest BCUT2D eigenvalue weighted by Crippen LogP contribution is 2.30. The number of hydrogen-bond acceptors (Lipinski definition) is 5. The molecule has 0 aromatic heterocycles. The molecule has 2 aromatic carbocycles. The summed E-state index contributed by atoms with van der Waals surface area (Å²) >= 11 is 0. The van der Waals surface area contributed by atoms with Crippen molar-refractivity contribution in [2.24, 2.45) is 0 Å². The van der Waals surface area contributed by atoms with E-state index in [-0.39, 0.29) is 12.5 Å². The van der Waals surface area contributed by atoms with Crippen LogP contribution in [-0.4, -0.2) is 38.2 Å². The number of esters is 1. The van der Waals surface area contributed by atoms with E-state index >= 15 is 0 Å². The van der Waals surface area contributed by atoms with Crippen molar-refractivity contribution in [2.45, 2.75) is 20.3 Å². The van der Waals surface area contributed by atoms with E-state index in [1.54, 1.807) is 6.07 Å². The Morgan fingerprint density at radius 1 is 1.04 bits per heavy atom. The van der Waals surface area contributed by atoms with Crippen LogP contribution in [0.2, 0.25) is 0 Å². The van der Waals surface area contributed by atoms with Gasteiger partial charge in [0.25, 0.3) is 5.91 Å². The molecule has 6 heteroatoms. The molecule has 0 bridgehead atoms. The quantitative estimate of drug-likeness (QED) is 0.793. The average Bonchev–Trinajstić information content (AvgIpc) is 2.68. The third-order valence-corrected chi connectivity index (χ3v) is 4.29. The fourth-order valence-electron chi connectivity index (χ4n) is 2.81. The lowest BCUT2D eigenvalue weighted by Gasteiger charge is -2.18. The summed E-state index contributed by atoms with van der Waals surface area (Å²) in [6, 6.07) is 11.3. The second-order valence-electron chi connectivity index (χ2n) is 6.47. The van der Waals surface area contributed by atoms with Gasteiger partial charge in [-0.3, -0.25) is 4.79 Å². The van der Waals surface area contributed by atoms with Crippen LogP contribution in [0.5, 0.6) is 11.5 Å². The molecule has 1 aliphatic heterocycles. The molecular formula is C21H23NO5. The third-order valence-electron chi connectivity index (χ3n) is 4.29. The number of carbonyl (C=O) groups excluding carboxylic acids is 2. The highest BCUT2D eigenvalue weighted by molar-refractivity contribution is 5.92. The normalized spacial score (nSPS) is 12.4. The molecule has 2 aromatic rings. The number of rotatable bonds is 6. The molecule has 1 aliphatic rings. The first-order valence-electron chi connectivity index (χ1n) is 8.92. The maximum Gasteiger partial charge on any atom is 0.338 e. The van der Waals surface area contributed by atoms with Crippen LogP contribution >= 0.6 is 0 Å². The number of benzene rings is 2. The highest BCUT2D eigenvalue weighted by atomic mass is 16.6. The fourth-order valence-corrected chi connectivity index (χ4v) is 2.81. The predicted molar refractivity (Wildman–Crippen MR) is 100 cm³/mol. The summed E-state index contributed by atoms with van der Waals surface area (Å²) in [6.07, 6.45) is 0.646. The maximum absolute atomic E-state index is 12.1. The molecule has 1 N–H and O–H groups in total. The van der Waals surface area contributed by atoms with Gasteiger partial charge in [0, 0.05) is 6.54 Å². The Balaban J connectivity index is 1.43. The highest BCUT2D eigenvalue weighted by Gasteiger charge is 2.14. The molecule has 1 heterocycles. The van der Waals surface area contributed by atoms with Crippen LogP contribution in [0.3, 0.4) is 0 Å². The van der Waals surface area contributed by atoms with Gasteiger partial charge in [-0.25, -0.2) is 4.79 Å². The van der Waals surface area contributed by atoms with Gasteiger partial charge in [0.05, 0.1) is 5.56 Å². The van der Waals surface area contributed by atoms with Crippen LogP contribution in [0.1, 0.15) is 27.0 Å². The van der Waals surface area contributed by atoms with Crippen LogP contribution in [0.25, 0.3) is 0 Å². The van der Waals surface area contributed by atoms with Gasteiger partial charge in [0.15, 0.2) is 18.1 Å². The number of nitrogens with one attached hydrogen (secondary N) is 1. The summed E-state index contributed by atoms with van der Waals surface area (Å²) in [5.41, 5.74) is 3.31. The molecule has 6 nitrogen and oxygen atoms in total. The van der Waals surface area contributed by atoms with Crippen molar-refractivity contribution in [3.63, 3.8) is 0 Å². The lowest BCUT2D eigenvalue weighted by atomic mass is 10.1. The van der Waals surface area contributed by atoms with Crippen molar-refractivity contribution < 1.29 is 23.8 Å². The van der Waals surface area contributed by atoms with Crippen molar-refractivity contribution in [3.8, 4) is 11.5 Å². The first-order valence-corrected chi connectivity index (χ1v) is 8.92. The van der Waals surface area contributed by atoms with Gasteiger partial charge < -0.3 is 19.5 Å². The van der Waals surface area contributed by atoms with Crippen molar-refractivity contribution in [2.75, 3.05) is 26.4 Å². The average molecular weight is 369 g/mol. The zero-order valence-electron chi connectivity index (χ0n) is 15.5. The summed E-state index contributed by atoms with van der Waals surface area (Å²) in [5, 5.41) is 2.76. The summed E-state index contributed by atoms with van der Waals surface area (Å²) in [4.78, 5) is 24.0. The molecule has 0 unspecified atom stereocenters. The van der Waals surface area contributed by atoms with Gasteiger partial charge in [-0.1, -0.05) is 23.8 Å². The van der Waals surface area contributed by atoms with Crippen molar-refractivity contribution in [1.82, 2.24) is 5.32 Å². The van der Waals surface area contributed by atoms with E-state index in [1.165, 1.54) is 0 Å².